The highest BCUT2D eigenvalue weighted by Crippen LogP contribution is 2.26. The molecule has 0 bridgehead atoms. The third-order valence-electron chi connectivity index (χ3n) is 3.52. The number of rotatable bonds is 4. The molecule has 1 amide bonds. The number of alkyl halides is 1. The Kier molecular flexibility index (Phi) is 4.38. The van der Waals surface area contributed by atoms with E-state index in [9.17, 15) is 9.18 Å². The number of aryl methyl sites for hydroxylation is 1. The Morgan fingerprint density at radius 1 is 1.50 bits per heavy atom. The van der Waals surface area contributed by atoms with Crippen molar-refractivity contribution in [3.8, 4) is 0 Å². The Hall–Kier alpha value is -0.900. The Bertz CT molecular complexity index is 445. The van der Waals surface area contributed by atoms with Crippen LogP contribution in [-0.2, 0) is 0 Å². The highest BCUT2D eigenvalue weighted by molar-refractivity contribution is 9.09. The van der Waals surface area contributed by atoms with Crippen LogP contribution in [-0.4, -0.2) is 28.7 Å². The van der Waals surface area contributed by atoms with Gasteiger partial charge in [-0.3, -0.25) is 4.79 Å². The molecule has 2 nitrogen and oxygen atoms in total. The Morgan fingerprint density at radius 2 is 2.22 bits per heavy atom. The molecule has 0 saturated heterocycles. The number of nitrogens with zero attached hydrogens (tertiary/aromatic N) is 1. The first kappa shape index (κ1) is 13.5. The van der Waals surface area contributed by atoms with Crippen molar-refractivity contribution < 1.29 is 9.18 Å². The summed E-state index contributed by atoms with van der Waals surface area (Å²) in [5.74, 6) is -0.369. The highest BCUT2D eigenvalue weighted by atomic mass is 79.9. The van der Waals surface area contributed by atoms with Crippen molar-refractivity contribution in [3.05, 3.63) is 35.1 Å². The number of benzene rings is 1. The quantitative estimate of drug-likeness (QED) is 0.779. The lowest BCUT2D eigenvalue weighted by molar-refractivity contribution is 0.0599. The zero-order chi connectivity index (χ0) is 13.1. The molecule has 0 spiro atoms. The van der Waals surface area contributed by atoms with E-state index in [0.717, 1.165) is 18.2 Å². The number of amides is 1. The fourth-order valence-corrected chi connectivity index (χ4v) is 2.51. The van der Waals surface area contributed by atoms with Crippen LogP contribution in [0.4, 0.5) is 4.39 Å². The van der Waals surface area contributed by atoms with Crippen LogP contribution in [0.5, 0.6) is 0 Å². The van der Waals surface area contributed by atoms with E-state index in [1.807, 2.05) is 4.90 Å². The molecule has 0 heterocycles. The lowest BCUT2D eigenvalue weighted by Crippen LogP contribution is -2.45. The summed E-state index contributed by atoms with van der Waals surface area (Å²) >= 11 is 3.37. The van der Waals surface area contributed by atoms with Crippen molar-refractivity contribution in [1.82, 2.24) is 4.90 Å². The standard InChI is InChI=1S/C14H17BrFNO/c1-10-5-6-11(9-13(10)16)14(18)17(8-7-15)12-3-2-4-12/h5-6,9,12H,2-4,7-8H2,1H3. The van der Waals surface area contributed by atoms with Gasteiger partial charge in [-0.05, 0) is 43.9 Å². The first-order valence-electron chi connectivity index (χ1n) is 6.26. The average Bonchev–Trinajstić information content (AvgIpc) is 2.29. The number of hydrogen-bond acceptors (Lipinski definition) is 1. The molecule has 2 rings (SSSR count). The van der Waals surface area contributed by atoms with Crippen LogP contribution in [0, 0.1) is 12.7 Å². The first-order valence-corrected chi connectivity index (χ1v) is 7.38. The van der Waals surface area contributed by atoms with Crippen LogP contribution < -0.4 is 0 Å². The number of halogens is 2. The van der Waals surface area contributed by atoms with E-state index in [4.69, 9.17) is 0 Å². The molecular weight excluding hydrogens is 297 g/mol. The second kappa shape index (κ2) is 5.83. The third-order valence-corrected chi connectivity index (χ3v) is 3.88. The number of hydrogen-bond donors (Lipinski definition) is 0. The van der Waals surface area contributed by atoms with Crippen LogP contribution in [0.25, 0.3) is 0 Å². The summed E-state index contributed by atoms with van der Waals surface area (Å²) in [4.78, 5) is 14.2. The van der Waals surface area contributed by atoms with Gasteiger partial charge in [0, 0.05) is 23.5 Å². The van der Waals surface area contributed by atoms with E-state index in [1.54, 1.807) is 19.1 Å². The largest absolute Gasteiger partial charge is 0.335 e. The molecular formula is C14H17BrFNO. The summed E-state index contributed by atoms with van der Waals surface area (Å²) in [6.07, 6.45) is 3.30. The van der Waals surface area contributed by atoms with Gasteiger partial charge in [0.15, 0.2) is 0 Å². The summed E-state index contributed by atoms with van der Waals surface area (Å²) in [6.45, 7) is 2.38. The van der Waals surface area contributed by atoms with Crippen molar-refractivity contribution >= 4 is 21.8 Å². The van der Waals surface area contributed by atoms with Gasteiger partial charge in [-0.15, -0.1) is 0 Å². The maximum atomic E-state index is 13.5. The molecule has 0 atom stereocenters. The van der Waals surface area contributed by atoms with Crippen molar-refractivity contribution in [2.24, 2.45) is 0 Å². The molecule has 0 aromatic heterocycles. The summed E-state index contributed by atoms with van der Waals surface area (Å²) in [6, 6.07) is 5.05. The van der Waals surface area contributed by atoms with Crippen molar-refractivity contribution in [2.45, 2.75) is 32.2 Å². The van der Waals surface area contributed by atoms with Gasteiger partial charge in [0.2, 0.25) is 0 Å². The average molecular weight is 314 g/mol. The monoisotopic (exact) mass is 313 g/mol. The van der Waals surface area contributed by atoms with Crippen LogP contribution >= 0.6 is 15.9 Å². The van der Waals surface area contributed by atoms with Crippen molar-refractivity contribution in [2.75, 3.05) is 11.9 Å². The van der Waals surface area contributed by atoms with Gasteiger partial charge in [-0.25, -0.2) is 4.39 Å². The van der Waals surface area contributed by atoms with Gasteiger partial charge in [-0.2, -0.15) is 0 Å². The second-order valence-corrected chi connectivity index (χ2v) is 5.53. The Morgan fingerprint density at radius 3 is 2.72 bits per heavy atom. The SMILES string of the molecule is Cc1ccc(C(=O)N(CCBr)C2CCC2)cc1F. The lowest BCUT2D eigenvalue weighted by atomic mass is 9.91. The molecule has 4 heteroatoms. The first-order chi connectivity index (χ1) is 8.63. The summed E-state index contributed by atoms with van der Waals surface area (Å²) in [7, 11) is 0. The Labute approximate surface area is 115 Å². The smallest absolute Gasteiger partial charge is 0.254 e. The minimum Gasteiger partial charge on any atom is -0.335 e. The second-order valence-electron chi connectivity index (χ2n) is 4.74. The molecule has 18 heavy (non-hydrogen) atoms. The van der Waals surface area contributed by atoms with Crippen LogP contribution in [0.3, 0.4) is 0 Å². The van der Waals surface area contributed by atoms with Crippen LogP contribution in [0.1, 0.15) is 35.2 Å². The van der Waals surface area contributed by atoms with Crippen molar-refractivity contribution in [1.29, 1.82) is 0 Å². The van der Waals surface area contributed by atoms with Gasteiger partial charge in [0.1, 0.15) is 5.82 Å². The van der Waals surface area contributed by atoms with E-state index in [2.05, 4.69) is 15.9 Å². The van der Waals surface area contributed by atoms with E-state index in [0.29, 0.717) is 23.7 Å². The molecule has 0 unspecified atom stereocenters. The molecule has 0 radical (unpaired) electrons. The summed E-state index contributed by atoms with van der Waals surface area (Å²) in [5.41, 5.74) is 1.02. The predicted molar refractivity (Wildman–Crippen MR) is 73.6 cm³/mol. The minimum absolute atomic E-state index is 0.0574. The van der Waals surface area contributed by atoms with Gasteiger partial charge in [0.05, 0.1) is 0 Å². The van der Waals surface area contributed by atoms with Gasteiger partial charge >= 0.3 is 0 Å². The maximum absolute atomic E-state index is 13.5. The topological polar surface area (TPSA) is 20.3 Å². The predicted octanol–water partition coefficient (Wildman–Crippen LogP) is 3.52. The molecule has 1 aliphatic carbocycles. The molecule has 98 valence electrons. The summed E-state index contributed by atoms with van der Waals surface area (Å²) in [5, 5.41) is 0.754. The van der Waals surface area contributed by atoms with E-state index in [-0.39, 0.29) is 11.7 Å². The molecule has 1 aliphatic rings. The van der Waals surface area contributed by atoms with Crippen molar-refractivity contribution in [3.63, 3.8) is 0 Å². The number of carbonyl (C=O) groups is 1. The third kappa shape index (κ3) is 2.74. The maximum Gasteiger partial charge on any atom is 0.254 e. The molecule has 1 aromatic rings. The van der Waals surface area contributed by atoms with Gasteiger partial charge < -0.3 is 4.90 Å². The fourth-order valence-electron chi connectivity index (χ4n) is 2.13. The Balaban J connectivity index is 2.18. The van der Waals surface area contributed by atoms with Crippen LogP contribution in [0.15, 0.2) is 18.2 Å². The van der Waals surface area contributed by atoms with Gasteiger partial charge in [0.25, 0.3) is 5.91 Å². The zero-order valence-corrected chi connectivity index (χ0v) is 12.0. The zero-order valence-electron chi connectivity index (χ0n) is 10.5. The lowest BCUT2D eigenvalue weighted by Gasteiger charge is -2.37. The molecule has 0 aliphatic heterocycles. The fraction of sp³-hybridized carbons (Fsp3) is 0.500. The highest BCUT2D eigenvalue weighted by Gasteiger charge is 2.29. The minimum atomic E-state index is -0.312. The normalized spacial score (nSPS) is 15.3. The molecule has 0 N–H and O–H groups in total. The summed E-state index contributed by atoms with van der Waals surface area (Å²) < 4.78 is 13.5. The number of carbonyl (C=O) groups excluding carboxylic acids is 1. The molecule has 1 fully saturated rings. The van der Waals surface area contributed by atoms with Gasteiger partial charge in [-0.1, -0.05) is 22.0 Å². The van der Waals surface area contributed by atoms with E-state index >= 15 is 0 Å². The molecule has 1 saturated carbocycles. The van der Waals surface area contributed by atoms with E-state index < -0.39 is 0 Å². The van der Waals surface area contributed by atoms with E-state index in [1.165, 1.54) is 12.5 Å². The van der Waals surface area contributed by atoms with Crippen LogP contribution in [0.2, 0.25) is 0 Å². The molecule has 1 aromatic carbocycles.